The lowest BCUT2D eigenvalue weighted by Crippen LogP contribution is -2.46. The first kappa shape index (κ1) is 15.1. The molecular weight excluding hydrogens is 324 g/mol. The van der Waals surface area contributed by atoms with Crippen molar-refractivity contribution in [3.63, 3.8) is 0 Å². The van der Waals surface area contributed by atoms with Gasteiger partial charge in [-0.05, 0) is 49.5 Å². The summed E-state index contributed by atoms with van der Waals surface area (Å²) >= 11 is 3.12. The average molecular weight is 342 g/mol. The molecule has 5 rings (SSSR count). The van der Waals surface area contributed by atoms with Crippen LogP contribution in [0, 0.1) is 17.2 Å². The highest BCUT2D eigenvalue weighted by atomic mass is 32.2. The number of piperidine rings is 3. The first-order valence-corrected chi connectivity index (χ1v) is 9.72. The molecule has 1 atom stereocenters. The summed E-state index contributed by atoms with van der Waals surface area (Å²) in [7, 11) is 0. The molecule has 118 valence electrons. The van der Waals surface area contributed by atoms with E-state index in [1.165, 1.54) is 48.9 Å². The largest absolute Gasteiger partial charge is 0.303 e. The van der Waals surface area contributed by atoms with Crippen LogP contribution in [0.2, 0.25) is 0 Å². The van der Waals surface area contributed by atoms with E-state index in [9.17, 15) is 0 Å². The van der Waals surface area contributed by atoms with Crippen LogP contribution >= 0.6 is 23.5 Å². The predicted molar refractivity (Wildman–Crippen MR) is 92.5 cm³/mol. The molecule has 0 radical (unpaired) electrons. The minimum absolute atomic E-state index is 0.569. The Hall–Kier alpha value is -1.42. The molecule has 23 heavy (non-hydrogen) atoms. The molecule has 6 heteroatoms. The summed E-state index contributed by atoms with van der Waals surface area (Å²) in [6, 6.07) is 9.97. The van der Waals surface area contributed by atoms with E-state index in [1.54, 1.807) is 11.8 Å². The predicted octanol–water partition coefficient (Wildman–Crippen LogP) is 3.51. The second-order valence-corrected chi connectivity index (χ2v) is 7.79. The fourth-order valence-electron chi connectivity index (χ4n) is 3.62. The molecule has 3 saturated heterocycles. The van der Waals surface area contributed by atoms with E-state index in [4.69, 9.17) is 5.26 Å². The number of thioether (sulfide) groups is 1. The van der Waals surface area contributed by atoms with Crippen molar-refractivity contribution in [3.8, 4) is 6.07 Å². The number of nitriles is 1. The quantitative estimate of drug-likeness (QED) is 0.796. The second-order valence-electron chi connectivity index (χ2n) is 6.30. The lowest BCUT2D eigenvalue weighted by Gasteiger charge is -2.44. The SMILES string of the molecule is N#Cc1ccc(CSc2nsnc2C2CN3CCC2CC3)cc1. The number of benzene rings is 1. The van der Waals surface area contributed by atoms with Crippen LogP contribution in [0.25, 0.3) is 0 Å². The molecular formula is C17H18N4S2. The molecule has 4 heterocycles. The lowest BCUT2D eigenvalue weighted by atomic mass is 9.78. The van der Waals surface area contributed by atoms with Crippen LogP contribution in [0.15, 0.2) is 29.3 Å². The third kappa shape index (κ3) is 3.14. The van der Waals surface area contributed by atoms with E-state index in [0.717, 1.165) is 23.2 Å². The maximum Gasteiger partial charge on any atom is 0.134 e. The zero-order valence-corrected chi connectivity index (χ0v) is 14.4. The summed E-state index contributed by atoms with van der Waals surface area (Å²) in [6.07, 6.45) is 2.61. The Bertz CT molecular complexity index is 711. The van der Waals surface area contributed by atoms with E-state index in [2.05, 4.69) is 19.7 Å². The Morgan fingerprint density at radius 3 is 2.65 bits per heavy atom. The van der Waals surface area contributed by atoms with Crippen LogP contribution in [0.3, 0.4) is 0 Å². The number of hydrogen-bond donors (Lipinski definition) is 0. The third-order valence-electron chi connectivity index (χ3n) is 4.95. The molecule has 1 unspecified atom stereocenters. The molecule has 0 saturated carbocycles. The molecule has 3 fully saturated rings. The van der Waals surface area contributed by atoms with Crippen molar-refractivity contribution in [2.45, 2.75) is 29.5 Å². The molecule has 1 aromatic heterocycles. The molecule has 0 N–H and O–H groups in total. The van der Waals surface area contributed by atoms with E-state index in [-0.39, 0.29) is 0 Å². The van der Waals surface area contributed by atoms with E-state index in [1.807, 2.05) is 24.3 Å². The Balaban J connectivity index is 1.46. The first-order chi connectivity index (χ1) is 11.3. The van der Waals surface area contributed by atoms with Gasteiger partial charge < -0.3 is 4.90 Å². The third-order valence-corrected chi connectivity index (χ3v) is 6.66. The van der Waals surface area contributed by atoms with Gasteiger partial charge in [0.25, 0.3) is 0 Å². The van der Waals surface area contributed by atoms with Gasteiger partial charge in [0.2, 0.25) is 0 Å². The van der Waals surface area contributed by atoms with Crippen molar-refractivity contribution < 1.29 is 0 Å². The summed E-state index contributed by atoms with van der Waals surface area (Å²) in [6.45, 7) is 3.67. The van der Waals surface area contributed by atoms with Crippen molar-refractivity contribution in [3.05, 3.63) is 41.1 Å². The normalized spacial score (nSPS) is 26.1. The standard InChI is InChI=1S/C17H18N4S2/c18-9-12-1-3-13(4-2-12)11-22-17-16(19-23-20-17)15-10-21-7-5-14(15)6-8-21/h1-4,14-15H,5-8,10-11H2. The van der Waals surface area contributed by atoms with Gasteiger partial charge in [-0.1, -0.05) is 23.9 Å². The van der Waals surface area contributed by atoms with Gasteiger partial charge in [-0.2, -0.15) is 14.0 Å². The lowest BCUT2D eigenvalue weighted by molar-refractivity contribution is 0.0846. The van der Waals surface area contributed by atoms with Crippen LogP contribution in [-0.2, 0) is 5.75 Å². The van der Waals surface area contributed by atoms with Gasteiger partial charge in [-0.15, -0.1) is 0 Å². The van der Waals surface area contributed by atoms with Crippen LogP contribution in [0.4, 0.5) is 0 Å². The van der Waals surface area contributed by atoms with Gasteiger partial charge in [0, 0.05) is 18.2 Å². The summed E-state index contributed by atoms with van der Waals surface area (Å²) in [5.74, 6) is 2.24. The minimum atomic E-state index is 0.569. The summed E-state index contributed by atoms with van der Waals surface area (Å²) in [5.41, 5.74) is 3.16. The highest BCUT2D eigenvalue weighted by Crippen LogP contribution is 2.41. The fraction of sp³-hybridized carbons (Fsp3) is 0.471. The first-order valence-electron chi connectivity index (χ1n) is 8.00. The van der Waals surface area contributed by atoms with Gasteiger partial charge in [0.15, 0.2) is 0 Å². The number of hydrogen-bond acceptors (Lipinski definition) is 6. The zero-order chi connectivity index (χ0) is 15.6. The van der Waals surface area contributed by atoms with Crippen molar-refractivity contribution in [2.24, 2.45) is 5.92 Å². The molecule has 1 aromatic carbocycles. The summed E-state index contributed by atoms with van der Waals surface area (Å²) in [4.78, 5) is 2.57. The van der Waals surface area contributed by atoms with Gasteiger partial charge in [-0.25, -0.2) is 0 Å². The van der Waals surface area contributed by atoms with E-state index >= 15 is 0 Å². The monoisotopic (exact) mass is 342 g/mol. The molecule has 0 amide bonds. The molecule has 3 aliphatic rings. The van der Waals surface area contributed by atoms with Gasteiger partial charge in [-0.3, -0.25) is 0 Å². The molecule has 3 aliphatic heterocycles. The van der Waals surface area contributed by atoms with Crippen molar-refractivity contribution in [2.75, 3.05) is 19.6 Å². The summed E-state index contributed by atoms with van der Waals surface area (Å²) < 4.78 is 9.18. The number of aromatic nitrogens is 2. The topological polar surface area (TPSA) is 52.8 Å². The Morgan fingerprint density at radius 2 is 2.00 bits per heavy atom. The maximum absolute atomic E-state index is 8.86. The number of nitrogens with zero attached hydrogens (tertiary/aromatic N) is 4. The van der Waals surface area contributed by atoms with Crippen molar-refractivity contribution in [1.82, 2.24) is 13.6 Å². The zero-order valence-electron chi connectivity index (χ0n) is 12.8. The van der Waals surface area contributed by atoms with Crippen LogP contribution in [-0.4, -0.2) is 33.3 Å². The smallest absolute Gasteiger partial charge is 0.134 e. The Morgan fingerprint density at radius 1 is 1.22 bits per heavy atom. The van der Waals surface area contributed by atoms with Gasteiger partial charge >= 0.3 is 0 Å². The van der Waals surface area contributed by atoms with Crippen molar-refractivity contribution in [1.29, 1.82) is 5.26 Å². The van der Waals surface area contributed by atoms with E-state index in [0.29, 0.717) is 11.5 Å². The Kier molecular flexibility index (Phi) is 4.34. The molecule has 2 aromatic rings. The molecule has 2 bridgehead atoms. The summed E-state index contributed by atoms with van der Waals surface area (Å²) in [5, 5.41) is 9.97. The number of fused-ring (bicyclic) bond motifs is 3. The average Bonchev–Trinajstić information content (AvgIpc) is 3.10. The highest BCUT2D eigenvalue weighted by Gasteiger charge is 2.37. The minimum Gasteiger partial charge on any atom is -0.303 e. The molecule has 0 aliphatic carbocycles. The second kappa shape index (κ2) is 6.60. The van der Waals surface area contributed by atoms with Crippen LogP contribution in [0.1, 0.15) is 35.6 Å². The van der Waals surface area contributed by atoms with E-state index < -0.39 is 0 Å². The van der Waals surface area contributed by atoms with Crippen LogP contribution < -0.4 is 0 Å². The molecule has 0 spiro atoms. The molecule has 4 nitrogen and oxygen atoms in total. The number of rotatable bonds is 4. The Labute approximate surface area is 144 Å². The van der Waals surface area contributed by atoms with Crippen molar-refractivity contribution >= 4 is 23.5 Å². The van der Waals surface area contributed by atoms with Gasteiger partial charge in [0.05, 0.1) is 29.1 Å². The highest BCUT2D eigenvalue weighted by molar-refractivity contribution is 7.98. The van der Waals surface area contributed by atoms with Gasteiger partial charge in [0.1, 0.15) is 5.03 Å². The van der Waals surface area contributed by atoms with Crippen LogP contribution in [0.5, 0.6) is 0 Å². The maximum atomic E-state index is 8.86. The fourth-order valence-corrected chi connectivity index (χ4v) is 5.34.